The predicted octanol–water partition coefficient (Wildman–Crippen LogP) is 3.66. The zero-order chi connectivity index (χ0) is 24.5. The zero-order valence-corrected chi connectivity index (χ0v) is 19.4. The fourth-order valence-corrected chi connectivity index (χ4v) is 3.64. The van der Waals surface area contributed by atoms with Crippen LogP contribution in [0.4, 0.5) is 5.82 Å². The van der Waals surface area contributed by atoms with Gasteiger partial charge in [0.1, 0.15) is 11.9 Å². The summed E-state index contributed by atoms with van der Waals surface area (Å²) in [5.74, 6) is -1.74. The summed E-state index contributed by atoms with van der Waals surface area (Å²) in [6.07, 6.45) is 2.44. The number of aromatic nitrogens is 1. The maximum absolute atomic E-state index is 12.5. The van der Waals surface area contributed by atoms with E-state index >= 15 is 0 Å². The van der Waals surface area contributed by atoms with E-state index in [0.29, 0.717) is 12.1 Å². The summed E-state index contributed by atoms with van der Waals surface area (Å²) >= 11 is 12.0. The third-order valence-electron chi connectivity index (χ3n) is 4.86. The average molecular weight is 501 g/mol. The molecule has 0 aliphatic rings. The third-order valence-corrected chi connectivity index (χ3v) is 5.49. The number of pyridine rings is 1. The molecule has 0 aliphatic heterocycles. The van der Waals surface area contributed by atoms with Crippen molar-refractivity contribution in [1.82, 2.24) is 15.6 Å². The van der Waals surface area contributed by atoms with Crippen LogP contribution in [0.5, 0.6) is 0 Å². The number of aliphatic carboxylic acids is 1. The molecule has 2 amide bonds. The fourth-order valence-electron chi connectivity index (χ4n) is 3.07. The second-order valence-corrected chi connectivity index (χ2v) is 8.07. The van der Waals surface area contributed by atoms with E-state index in [4.69, 9.17) is 23.2 Å². The molecule has 10 heteroatoms. The number of anilines is 1. The lowest BCUT2D eigenvalue weighted by atomic mass is 10.1. The maximum Gasteiger partial charge on any atom is 0.328 e. The summed E-state index contributed by atoms with van der Waals surface area (Å²) in [6.45, 7) is 0.357. The second kappa shape index (κ2) is 12.0. The number of rotatable bonds is 10. The van der Waals surface area contributed by atoms with Gasteiger partial charge in [-0.15, -0.1) is 0 Å². The van der Waals surface area contributed by atoms with Gasteiger partial charge in [-0.1, -0.05) is 47.5 Å². The lowest BCUT2D eigenvalue weighted by Gasteiger charge is -2.16. The first-order chi connectivity index (χ1) is 16.3. The predicted molar refractivity (Wildman–Crippen MR) is 131 cm³/mol. The van der Waals surface area contributed by atoms with Crippen molar-refractivity contribution in [3.63, 3.8) is 0 Å². The molecule has 0 saturated heterocycles. The van der Waals surface area contributed by atoms with Crippen LogP contribution in [0.2, 0.25) is 10.0 Å². The second-order valence-electron chi connectivity index (χ2n) is 7.26. The van der Waals surface area contributed by atoms with Crippen molar-refractivity contribution in [2.45, 2.75) is 12.5 Å². The van der Waals surface area contributed by atoms with Gasteiger partial charge < -0.3 is 21.1 Å². The van der Waals surface area contributed by atoms with Crippen LogP contribution in [-0.4, -0.2) is 47.0 Å². The summed E-state index contributed by atoms with van der Waals surface area (Å²) in [6, 6.07) is 15.7. The number of benzene rings is 2. The number of carbonyl (C=O) groups excluding carboxylic acids is 2. The van der Waals surface area contributed by atoms with Crippen molar-refractivity contribution < 1.29 is 19.5 Å². The van der Waals surface area contributed by atoms with E-state index < -0.39 is 23.8 Å². The van der Waals surface area contributed by atoms with Crippen molar-refractivity contribution in [2.75, 3.05) is 18.4 Å². The van der Waals surface area contributed by atoms with Crippen LogP contribution >= 0.6 is 23.2 Å². The highest BCUT2D eigenvalue weighted by Crippen LogP contribution is 2.24. The van der Waals surface area contributed by atoms with Crippen LogP contribution in [0.15, 0.2) is 66.9 Å². The molecule has 2 aromatic carbocycles. The van der Waals surface area contributed by atoms with E-state index in [2.05, 4.69) is 20.9 Å². The Morgan fingerprint density at radius 2 is 1.62 bits per heavy atom. The maximum atomic E-state index is 12.5. The van der Waals surface area contributed by atoms with E-state index in [0.717, 1.165) is 17.8 Å². The minimum Gasteiger partial charge on any atom is -0.480 e. The molecule has 0 saturated carbocycles. The molecule has 3 aromatic rings. The molecular weight excluding hydrogens is 479 g/mol. The van der Waals surface area contributed by atoms with E-state index in [9.17, 15) is 19.5 Å². The van der Waals surface area contributed by atoms with Gasteiger partial charge in [-0.2, -0.15) is 0 Å². The highest BCUT2D eigenvalue weighted by molar-refractivity contribution is 6.39. The third kappa shape index (κ3) is 6.94. The van der Waals surface area contributed by atoms with Crippen molar-refractivity contribution in [3.8, 4) is 0 Å². The van der Waals surface area contributed by atoms with Gasteiger partial charge >= 0.3 is 5.97 Å². The van der Waals surface area contributed by atoms with Gasteiger partial charge in [-0.25, -0.2) is 9.78 Å². The van der Waals surface area contributed by atoms with Crippen molar-refractivity contribution in [1.29, 1.82) is 0 Å². The lowest BCUT2D eigenvalue weighted by Crippen LogP contribution is -2.48. The minimum atomic E-state index is -1.37. The smallest absolute Gasteiger partial charge is 0.328 e. The van der Waals surface area contributed by atoms with Crippen LogP contribution in [0.1, 0.15) is 26.3 Å². The highest BCUT2D eigenvalue weighted by atomic mass is 35.5. The monoisotopic (exact) mass is 500 g/mol. The Balaban J connectivity index is 1.52. The Morgan fingerprint density at radius 1 is 0.912 bits per heavy atom. The Hall–Kier alpha value is -3.62. The summed E-state index contributed by atoms with van der Waals surface area (Å²) in [5.41, 5.74) is 1.36. The Labute approximate surface area is 206 Å². The summed E-state index contributed by atoms with van der Waals surface area (Å²) in [4.78, 5) is 40.7. The molecule has 34 heavy (non-hydrogen) atoms. The average Bonchev–Trinajstić information content (AvgIpc) is 2.82. The first kappa shape index (κ1) is 25.0. The van der Waals surface area contributed by atoms with E-state index in [1.807, 2.05) is 30.3 Å². The molecule has 0 bridgehead atoms. The number of carbonyl (C=O) groups is 3. The number of hydrogen-bond acceptors (Lipinski definition) is 5. The molecule has 1 atom stereocenters. The van der Waals surface area contributed by atoms with Gasteiger partial charge in [0.15, 0.2) is 0 Å². The van der Waals surface area contributed by atoms with Gasteiger partial charge in [0.05, 0.1) is 15.6 Å². The lowest BCUT2D eigenvalue weighted by molar-refractivity contribution is -0.139. The van der Waals surface area contributed by atoms with Gasteiger partial charge in [0.2, 0.25) is 0 Å². The summed E-state index contributed by atoms with van der Waals surface area (Å²) in [7, 11) is 0. The molecule has 0 unspecified atom stereocenters. The summed E-state index contributed by atoms with van der Waals surface area (Å²) < 4.78 is 0. The Kier molecular flexibility index (Phi) is 8.84. The van der Waals surface area contributed by atoms with E-state index in [-0.39, 0.29) is 22.2 Å². The number of halogens is 2. The zero-order valence-electron chi connectivity index (χ0n) is 17.9. The molecule has 176 valence electrons. The van der Waals surface area contributed by atoms with Crippen LogP contribution in [-0.2, 0) is 11.2 Å². The van der Waals surface area contributed by atoms with E-state index in [1.165, 1.54) is 12.1 Å². The van der Waals surface area contributed by atoms with Crippen molar-refractivity contribution in [3.05, 3.63) is 93.6 Å². The first-order valence-corrected chi connectivity index (χ1v) is 11.1. The molecular formula is C24H22Cl2N4O4. The van der Waals surface area contributed by atoms with Gasteiger partial charge in [0.25, 0.3) is 11.8 Å². The molecule has 8 nitrogen and oxygen atoms in total. The number of hydrogen-bond donors (Lipinski definition) is 4. The summed E-state index contributed by atoms with van der Waals surface area (Å²) in [5, 5.41) is 17.7. The topological polar surface area (TPSA) is 120 Å². The quantitative estimate of drug-likeness (QED) is 0.337. The van der Waals surface area contributed by atoms with Gasteiger partial charge in [0, 0.05) is 24.8 Å². The van der Waals surface area contributed by atoms with Crippen LogP contribution in [0.25, 0.3) is 0 Å². The minimum absolute atomic E-state index is 0.0310. The largest absolute Gasteiger partial charge is 0.480 e. The van der Waals surface area contributed by atoms with Crippen LogP contribution in [0.3, 0.4) is 0 Å². The van der Waals surface area contributed by atoms with Crippen molar-refractivity contribution >= 4 is 46.8 Å². The molecule has 0 fully saturated rings. The molecule has 1 heterocycles. The number of carboxylic acids is 1. The standard InChI is InChI=1S/C24H22Cl2N4O4/c25-17-4-3-5-18(26)21(17)23(32)30-19(24(33)34)14-29-22(31)16-9-7-15(8-10-16)11-13-28-20-6-1-2-12-27-20/h1-10,12,19H,11,13-14H2,(H,27,28)(H,29,31)(H,30,32)(H,33,34)/t19-/m0/s1. The van der Waals surface area contributed by atoms with Gasteiger partial charge in [-0.05, 0) is 48.4 Å². The molecule has 4 N–H and O–H groups in total. The number of nitrogens with zero attached hydrogens (tertiary/aromatic N) is 1. The number of carboxylic acid groups (broad SMARTS) is 1. The van der Waals surface area contributed by atoms with E-state index in [1.54, 1.807) is 24.4 Å². The molecule has 0 spiro atoms. The Morgan fingerprint density at radius 3 is 2.24 bits per heavy atom. The van der Waals surface area contributed by atoms with Crippen molar-refractivity contribution in [2.24, 2.45) is 0 Å². The first-order valence-electron chi connectivity index (χ1n) is 10.3. The Bertz CT molecular complexity index is 1140. The fraction of sp³-hybridized carbons (Fsp3) is 0.167. The van der Waals surface area contributed by atoms with Crippen LogP contribution in [0, 0.1) is 0 Å². The van der Waals surface area contributed by atoms with Crippen LogP contribution < -0.4 is 16.0 Å². The molecule has 0 aliphatic carbocycles. The highest BCUT2D eigenvalue weighted by Gasteiger charge is 2.24. The molecule has 0 radical (unpaired) electrons. The normalized spacial score (nSPS) is 11.4. The number of nitrogens with one attached hydrogen (secondary N) is 3. The number of amides is 2. The SMILES string of the molecule is O=C(NC[C@H](NC(=O)c1c(Cl)cccc1Cl)C(=O)O)c1ccc(CCNc2ccccn2)cc1. The molecule has 3 rings (SSSR count). The van der Waals surface area contributed by atoms with Gasteiger partial charge in [-0.3, -0.25) is 9.59 Å². The molecule has 1 aromatic heterocycles.